The summed E-state index contributed by atoms with van der Waals surface area (Å²) in [5.41, 5.74) is 0.283. The topological polar surface area (TPSA) is 58.6 Å². The number of carbonyl (C=O) groups is 2. The lowest BCUT2D eigenvalue weighted by atomic mass is 10.1. The van der Waals surface area contributed by atoms with Crippen LogP contribution in [0.1, 0.15) is 10.4 Å². The Balaban J connectivity index is 2.09. The van der Waals surface area contributed by atoms with Crippen LogP contribution in [0.3, 0.4) is 0 Å². The quantitative estimate of drug-likeness (QED) is 0.788. The SMILES string of the molecule is COC(=O)[C@@H]1CN(C(=O)c2cccc(F)c2)CCN1. The Morgan fingerprint density at radius 3 is 2.95 bits per heavy atom. The van der Waals surface area contributed by atoms with Crippen LogP contribution in [0.2, 0.25) is 0 Å². The van der Waals surface area contributed by atoms with Gasteiger partial charge in [0.1, 0.15) is 11.9 Å². The summed E-state index contributed by atoms with van der Waals surface area (Å²) < 4.78 is 17.7. The fourth-order valence-electron chi connectivity index (χ4n) is 2.04. The highest BCUT2D eigenvalue weighted by Gasteiger charge is 2.29. The van der Waals surface area contributed by atoms with Crippen molar-refractivity contribution < 1.29 is 18.7 Å². The average molecular weight is 266 g/mol. The molecule has 0 spiro atoms. The van der Waals surface area contributed by atoms with Crippen LogP contribution in [-0.4, -0.2) is 49.6 Å². The zero-order chi connectivity index (χ0) is 13.8. The first-order chi connectivity index (χ1) is 9.11. The standard InChI is InChI=1S/C13H15FN2O3/c1-19-13(18)11-8-16(6-5-15-11)12(17)9-3-2-4-10(14)7-9/h2-4,7,11,15H,5-6,8H2,1H3/t11-/m0/s1. The highest BCUT2D eigenvalue weighted by molar-refractivity contribution is 5.94. The number of hydrogen-bond donors (Lipinski definition) is 1. The predicted octanol–water partition coefficient (Wildman–Crippen LogP) is 0.413. The Kier molecular flexibility index (Phi) is 4.11. The number of benzene rings is 1. The van der Waals surface area contributed by atoms with Crippen molar-refractivity contribution in [2.75, 3.05) is 26.7 Å². The fourth-order valence-corrected chi connectivity index (χ4v) is 2.04. The summed E-state index contributed by atoms with van der Waals surface area (Å²) >= 11 is 0. The van der Waals surface area contributed by atoms with E-state index in [9.17, 15) is 14.0 Å². The number of piperazine rings is 1. The van der Waals surface area contributed by atoms with Crippen LogP contribution in [0, 0.1) is 5.82 Å². The maximum atomic E-state index is 13.1. The molecule has 0 saturated carbocycles. The number of carbonyl (C=O) groups excluding carboxylic acids is 2. The van der Waals surface area contributed by atoms with Gasteiger partial charge >= 0.3 is 5.97 Å². The van der Waals surface area contributed by atoms with Gasteiger partial charge in [-0.3, -0.25) is 9.59 Å². The second-order valence-corrected chi connectivity index (χ2v) is 4.29. The van der Waals surface area contributed by atoms with Gasteiger partial charge in [-0.25, -0.2) is 4.39 Å². The molecule has 19 heavy (non-hydrogen) atoms. The van der Waals surface area contributed by atoms with Gasteiger partial charge in [-0.1, -0.05) is 6.07 Å². The number of hydrogen-bond acceptors (Lipinski definition) is 4. The lowest BCUT2D eigenvalue weighted by Crippen LogP contribution is -2.56. The van der Waals surface area contributed by atoms with Crippen molar-refractivity contribution in [2.45, 2.75) is 6.04 Å². The molecule has 0 aliphatic carbocycles. The Morgan fingerprint density at radius 1 is 1.47 bits per heavy atom. The van der Waals surface area contributed by atoms with Gasteiger partial charge < -0.3 is 15.0 Å². The molecular weight excluding hydrogens is 251 g/mol. The van der Waals surface area contributed by atoms with Gasteiger partial charge in [-0.2, -0.15) is 0 Å². The summed E-state index contributed by atoms with van der Waals surface area (Å²) in [5.74, 6) is -1.14. The molecule has 1 fully saturated rings. The van der Waals surface area contributed by atoms with Crippen molar-refractivity contribution in [3.8, 4) is 0 Å². The zero-order valence-corrected chi connectivity index (χ0v) is 10.6. The van der Waals surface area contributed by atoms with Gasteiger partial charge in [0.05, 0.1) is 7.11 Å². The Bertz CT molecular complexity index is 493. The molecule has 6 heteroatoms. The molecule has 1 aromatic rings. The number of methoxy groups -OCH3 is 1. The van der Waals surface area contributed by atoms with Gasteiger partial charge in [-0.15, -0.1) is 0 Å². The van der Waals surface area contributed by atoms with Crippen LogP contribution >= 0.6 is 0 Å². The number of nitrogens with one attached hydrogen (secondary N) is 1. The minimum atomic E-state index is -0.531. The van der Waals surface area contributed by atoms with Crippen molar-refractivity contribution >= 4 is 11.9 Å². The van der Waals surface area contributed by atoms with E-state index in [2.05, 4.69) is 10.1 Å². The normalized spacial score (nSPS) is 19.1. The van der Waals surface area contributed by atoms with Gasteiger partial charge in [0.15, 0.2) is 0 Å². The molecule has 102 valence electrons. The summed E-state index contributed by atoms with van der Waals surface area (Å²) in [5, 5.41) is 2.97. The van der Waals surface area contributed by atoms with Crippen LogP contribution in [0.4, 0.5) is 4.39 Å². The molecule has 0 aromatic heterocycles. The van der Waals surface area contributed by atoms with Crippen molar-refractivity contribution in [1.82, 2.24) is 10.2 Å². The maximum absolute atomic E-state index is 13.1. The minimum Gasteiger partial charge on any atom is -0.468 e. The van der Waals surface area contributed by atoms with Gasteiger partial charge in [0.2, 0.25) is 0 Å². The lowest BCUT2D eigenvalue weighted by molar-refractivity contribution is -0.144. The number of nitrogens with zero attached hydrogens (tertiary/aromatic N) is 1. The second kappa shape index (κ2) is 5.79. The van der Waals surface area contributed by atoms with Crippen LogP contribution < -0.4 is 5.32 Å². The molecule has 0 bridgehead atoms. The van der Waals surface area contributed by atoms with Crippen molar-refractivity contribution in [3.05, 3.63) is 35.6 Å². The molecule has 1 N–H and O–H groups in total. The summed E-state index contributed by atoms with van der Waals surface area (Å²) in [6.45, 7) is 1.20. The molecule has 0 radical (unpaired) electrons. The molecule has 1 atom stereocenters. The highest BCUT2D eigenvalue weighted by Crippen LogP contribution is 2.10. The Labute approximate surface area is 110 Å². The van der Waals surface area contributed by atoms with Crippen LogP contribution in [0.25, 0.3) is 0 Å². The smallest absolute Gasteiger partial charge is 0.324 e. The average Bonchev–Trinajstić information content (AvgIpc) is 2.45. The van der Waals surface area contributed by atoms with E-state index in [0.717, 1.165) is 0 Å². The third-order valence-corrected chi connectivity index (χ3v) is 3.02. The highest BCUT2D eigenvalue weighted by atomic mass is 19.1. The minimum absolute atomic E-state index is 0.224. The number of rotatable bonds is 2. The van der Waals surface area contributed by atoms with E-state index >= 15 is 0 Å². The maximum Gasteiger partial charge on any atom is 0.324 e. The van der Waals surface area contributed by atoms with E-state index in [1.54, 1.807) is 6.07 Å². The van der Waals surface area contributed by atoms with E-state index in [-0.39, 0.29) is 18.0 Å². The lowest BCUT2D eigenvalue weighted by Gasteiger charge is -2.32. The molecule has 0 unspecified atom stereocenters. The van der Waals surface area contributed by atoms with Crippen molar-refractivity contribution in [2.24, 2.45) is 0 Å². The Hall–Kier alpha value is -1.95. The van der Waals surface area contributed by atoms with Crippen molar-refractivity contribution in [3.63, 3.8) is 0 Å². The van der Waals surface area contributed by atoms with E-state index in [4.69, 9.17) is 0 Å². The second-order valence-electron chi connectivity index (χ2n) is 4.29. The van der Waals surface area contributed by atoms with Crippen LogP contribution in [0.5, 0.6) is 0 Å². The fraction of sp³-hybridized carbons (Fsp3) is 0.385. The predicted molar refractivity (Wildman–Crippen MR) is 66.1 cm³/mol. The van der Waals surface area contributed by atoms with Gasteiger partial charge in [0, 0.05) is 25.2 Å². The number of ether oxygens (including phenoxy) is 1. The summed E-state index contributed by atoms with van der Waals surface area (Å²) in [7, 11) is 1.30. The van der Waals surface area contributed by atoms with E-state index in [1.807, 2.05) is 0 Å². The van der Waals surface area contributed by atoms with E-state index < -0.39 is 17.8 Å². The van der Waals surface area contributed by atoms with E-state index in [0.29, 0.717) is 13.1 Å². The summed E-state index contributed by atoms with van der Waals surface area (Å²) in [4.78, 5) is 25.2. The van der Waals surface area contributed by atoms with E-state index in [1.165, 1.54) is 30.2 Å². The molecule has 1 aromatic carbocycles. The molecule has 1 aliphatic rings. The van der Waals surface area contributed by atoms with Crippen LogP contribution in [-0.2, 0) is 9.53 Å². The Morgan fingerprint density at radius 2 is 2.26 bits per heavy atom. The molecule has 1 aliphatic heterocycles. The third kappa shape index (κ3) is 3.08. The largest absolute Gasteiger partial charge is 0.468 e. The molecule has 1 saturated heterocycles. The molecule has 5 nitrogen and oxygen atoms in total. The number of esters is 1. The number of amides is 1. The molecule has 2 rings (SSSR count). The first-order valence-corrected chi connectivity index (χ1v) is 5.98. The summed E-state index contributed by atoms with van der Waals surface area (Å²) in [6, 6.07) is 4.99. The monoisotopic (exact) mass is 266 g/mol. The molecule has 1 amide bonds. The van der Waals surface area contributed by atoms with Gasteiger partial charge in [-0.05, 0) is 18.2 Å². The van der Waals surface area contributed by atoms with Gasteiger partial charge in [0.25, 0.3) is 5.91 Å². The zero-order valence-electron chi connectivity index (χ0n) is 10.6. The molecular formula is C13H15FN2O3. The molecule has 1 heterocycles. The summed E-state index contributed by atoms with van der Waals surface area (Å²) in [6.07, 6.45) is 0. The third-order valence-electron chi connectivity index (χ3n) is 3.02. The first kappa shape index (κ1) is 13.5. The first-order valence-electron chi connectivity index (χ1n) is 5.98. The number of halogens is 1. The van der Waals surface area contributed by atoms with Crippen molar-refractivity contribution in [1.29, 1.82) is 0 Å². The van der Waals surface area contributed by atoms with Crippen LogP contribution in [0.15, 0.2) is 24.3 Å².